The molecule has 1 heterocycles. The van der Waals surface area contributed by atoms with Gasteiger partial charge in [0.15, 0.2) is 0 Å². The zero-order valence-corrected chi connectivity index (χ0v) is 11.6. The summed E-state index contributed by atoms with van der Waals surface area (Å²) in [5, 5.41) is 4.74. The summed E-state index contributed by atoms with van der Waals surface area (Å²) in [7, 11) is 2.07. The zero-order chi connectivity index (χ0) is 13.1. The molecule has 1 aromatic heterocycles. The number of nitrogens with zero attached hydrogens (tertiary/aromatic N) is 1. The molecule has 0 radical (unpaired) electrons. The smallest absolute Gasteiger partial charge is 0.0749 e. The Morgan fingerprint density at radius 1 is 1.21 bits per heavy atom. The van der Waals surface area contributed by atoms with Crippen LogP contribution in [0.2, 0.25) is 0 Å². The molecule has 3 rings (SSSR count). The molecule has 2 heteroatoms. The third kappa shape index (κ3) is 2.64. The number of nitrogens with one attached hydrogen (secondary N) is 1. The van der Waals surface area contributed by atoms with Crippen molar-refractivity contribution in [2.75, 3.05) is 7.05 Å². The van der Waals surface area contributed by atoms with Crippen LogP contribution in [-0.4, -0.2) is 12.0 Å². The number of hydrogen-bond donors (Lipinski definition) is 1. The summed E-state index contributed by atoms with van der Waals surface area (Å²) in [5.41, 5.74) is 2.51. The molecular weight excluding hydrogens is 232 g/mol. The minimum Gasteiger partial charge on any atom is -0.313 e. The van der Waals surface area contributed by atoms with Crippen LogP contribution in [-0.2, 0) is 0 Å². The van der Waals surface area contributed by atoms with Crippen LogP contribution in [0.15, 0.2) is 36.5 Å². The van der Waals surface area contributed by atoms with Crippen molar-refractivity contribution in [1.29, 1.82) is 0 Å². The quantitative estimate of drug-likeness (QED) is 0.889. The van der Waals surface area contributed by atoms with Crippen molar-refractivity contribution in [3.8, 4) is 0 Å². The molecule has 0 saturated heterocycles. The SMILES string of the molecule is CNC(CC1CCCC1)c1cccc2cccnc12. The van der Waals surface area contributed by atoms with Crippen LogP contribution in [0.3, 0.4) is 0 Å². The van der Waals surface area contributed by atoms with Crippen LogP contribution >= 0.6 is 0 Å². The van der Waals surface area contributed by atoms with Crippen LogP contribution < -0.4 is 5.32 Å². The summed E-state index contributed by atoms with van der Waals surface area (Å²) >= 11 is 0. The second-order valence-corrected chi connectivity index (χ2v) is 5.65. The summed E-state index contributed by atoms with van der Waals surface area (Å²) in [6, 6.07) is 11.1. The highest BCUT2D eigenvalue weighted by atomic mass is 14.9. The molecule has 1 fully saturated rings. The molecule has 2 aromatic rings. The Morgan fingerprint density at radius 2 is 2.00 bits per heavy atom. The van der Waals surface area contributed by atoms with Gasteiger partial charge in [0.05, 0.1) is 5.52 Å². The van der Waals surface area contributed by atoms with Gasteiger partial charge in [-0.1, -0.05) is 49.9 Å². The molecule has 1 N–H and O–H groups in total. The molecule has 2 nitrogen and oxygen atoms in total. The number of para-hydroxylation sites is 1. The lowest BCUT2D eigenvalue weighted by Crippen LogP contribution is -2.19. The number of rotatable bonds is 4. The fraction of sp³-hybridized carbons (Fsp3) is 0.471. The second-order valence-electron chi connectivity index (χ2n) is 5.65. The van der Waals surface area contributed by atoms with Crippen LogP contribution in [0, 0.1) is 5.92 Å². The van der Waals surface area contributed by atoms with Gasteiger partial charge in [0.2, 0.25) is 0 Å². The molecule has 1 saturated carbocycles. The van der Waals surface area contributed by atoms with Gasteiger partial charge in [0, 0.05) is 17.6 Å². The van der Waals surface area contributed by atoms with E-state index in [1.807, 2.05) is 12.3 Å². The van der Waals surface area contributed by atoms with Crippen LogP contribution in [0.1, 0.15) is 43.7 Å². The van der Waals surface area contributed by atoms with Gasteiger partial charge < -0.3 is 5.32 Å². The predicted octanol–water partition coefficient (Wildman–Crippen LogP) is 4.08. The van der Waals surface area contributed by atoms with E-state index >= 15 is 0 Å². The fourth-order valence-electron chi connectivity index (χ4n) is 3.39. The Bertz CT molecular complexity index is 538. The number of aromatic nitrogens is 1. The van der Waals surface area contributed by atoms with Crippen molar-refractivity contribution in [3.63, 3.8) is 0 Å². The minimum absolute atomic E-state index is 0.432. The molecule has 19 heavy (non-hydrogen) atoms. The molecule has 100 valence electrons. The molecule has 1 aliphatic rings. The van der Waals surface area contributed by atoms with Gasteiger partial charge in [-0.15, -0.1) is 0 Å². The molecule has 0 amide bonds. The van der Waals surface area contributed by atoms with Gasteiger partial charge in [-0.2, -0.15) is 0 Å². The maximum absolute atomic E-state index is 4.58. The molecule has 1 aromatic carbocycles. The van der Waals surface area contributed by atoms with E-state index in [4.69, 9.17) is 0 Å². The molecule has 0 spiro atoms. The third-order valence-electron chi connectivity index (χ3n) is 4.43. The van der Waals surface area contributed by atoms with Crippen molar-refractivity contribution in [2.45, 2.75) is 38.1 Å². The van der Waals surface area contributed by atoms with E-state index in [1.165, 1.54) is 43.1 Å². The summed E-state index contributed by atoms with van der Waals surface area (Å²) in [6.07, 6.45) is 8.76. The average molecular weight is 254 g/mol. The van der Waals surface area contributed by atoms with Crippen molar-refractivity contribution in [1.82, 2.24) is 10.3 Å². The van der Waals surface area contributed by atoms with Crippen molar-refractivity contribution in [3.05, 3.63) is 42.1 Å². The van der Waals surface area contributed by atoms with Crippen molar-refractivity contribution < 1.29 is 0 Å². The van der Waals surface area contributed by atoms with Gasteiger partial charge in [-0.3, -0.25) is 4.98 Å². The van der Waals surface area contributed by atoms with Crippen molar-refractivity contribution >= 4 is 10.9 Å². The molecule has 1 aliphatic carbocycles. The van der Waals surface area contributed by atoms with E-state index in [0.29, 0.717) is 6.04 Å². The summed E-state index contributed by atoms with van der Waals surface area (Å²) < 4.78 is 0. The van der Waals surface area contributed by atoms with Crippen LogP contribution in [0.25, 0.3) is 10.9 Å². The highest BCUT2D eigenvalue weighted by Gasteiger charge is 2.21. The lowest BCUT2D eigenvalue weighted by atomic mass is 9.92. The van der Waals surface area contributed by atoms with Gasteiger partial charge >= 0.3 is 0 Å². The number of fused-ring (bicyclic) bond motifs is 1. The Labute approximate surface area is 115 Å². The first-order valence-corrected chi connectivity index (χ1v) is 7.39. The number of benzene rings is 1. The Balaban J connectivity index is 1.91. The second kappa shape index (κ2) is 5.70. The standard InChI is InChI=1S/C17H22N2/c1-18-16(12-13-6-2-3-7-13)15-10-4-8-14-9-5-11-19-17(14)15/h4-5,8-11,13,16,18H,2-3,6-7,12H2,1H3. The maximum atomic E-state index is 4.58. The molecule has 1 atom stereocenters. The van der Waals surface area contributed by atoms with Gasteiger partial charge in [0.25, 0.3) is 0 Å². The number of pyridine rings is 1. The summed E-state index contributed by atoms with van der Waals surface area (Å²) in [6.45, 7) is 0. The Kier molecular flexibility index (Phi) is 3.79. The average Bonchev–Trinajstić information content (AvgIpc) is 2.97. The third-order valence-corrected chi connectivity index (χ3v) is 4.43. The minimum atomic E-state index is 0.432. The molecule has 0 aliphatic heterocycles. The van der Waals surface area contributed by atoms with Crippen LogP contribution in [0.5, 0.6) is 0 Å². The zero-order valence-electron chi connectivity index (χ0n) is 11.6. The molecular formula is C17H22N2. The highest BCUT2D eigenvalue weighted by Crippen LogP contribution is 2.34. The van der Waals surface area contributed by atoms with E-state index in [9.17, 15) is 0 Å². The van der Waals surface area contributed by atoms with Crippen molar-refractivity contribution in [2.24, 2.45) is 5.92 Å². The van der Waals surface area contributed by atoms with Crippen LogP contribution in [0.4, 0.5) is 0 Å². The van der Waals surface area contributed by atoms with Gasteiger partial charge in [-0.25, -0.2) is 0 Å². The molecule has 0 bridgehead atoms. The van der Waals surface area contributed by atoms with E-state index < -0.39 is 0 Å². The first-order chi connectivity index (χ1) is 9.38. The fourth-order valence-corrected chi connectivity index (χ4v) is 3.39. The van der Waals surface area contributed by atoms with E-state index in [-0.39, 0.29) is 0 Å². The van der Waals surface area contributed by atoms with E-state index in [2.05, 4.69) is 41.6 Å². The first kappa shape index (κ1) is 12.6. The first-order valence-electron chi connectivity index (χ1n) is 7.39. The van der Waals surface area contributed by atoms with E-state index in [1.54, 1.807) is 0 Å². The van der Waals surface area contributed by atoms with Gasteiger partial charge in [-0.05, 0) is 31.0 Å². The Hall–Kier alpha value is -1.41. The number of hydrogen-bond acceptors (Lipinski definition) is 2. The largest absolute Gasteiger partial charge is 0.313 e. The summed E-state index contributed by atoms with van der Waals surface area (Å²) in [5.74, 6) is 0.886. The normalized spacial score (nSPS) is 17.9. The van der Waals surface area contributed by atoms with E-state index in [0.717, 1.165) is 11.4 Å². The lowest BCUT2D eigenvalue weighted by Gasteiger charge is -2.21. The highest BCUT2D eigenvalue weighted by molar-refractivity contribution is 5.81. The monoisotopic (exact) mass is 254 g/mol. The predicted molar refractivity (Wildman–Crippen MR) is 80.1 cm³/mol. The van der Waals surface area contributed by atoms with Gasteiger partial charge in [0.1, 0.15) is 0 Å². The Morgan fingerprint density at radius 3 is 2.79 bits per heavy atom. The molecule has 1 unspecified atom stereocenters. The lowest BCUT2D eigenvalue weighted by molar-refractivity contribution is 0.415. The maximum Gasteiger partial charge on any atom is 0.0749 e. The summed E-state index contributed by atoms with van der Waals surface area (Å²) in [4.78, 5) is 4.58. The topological polar surface area (TPSA) is 24.9 Å².